The van der Waals surface area contributed by atoms with Crippen LogP contribution in [-0.4, -0.2) is 49.3 Å². The van der Waals surface area contributed by atoms with Crippen LogP contribution in [0.4, 0.5) is 24.5 Å². The molecule has 0 aliphatic carbocycles. The molecule has 7 nitrogen and oxygen atoms in total. The van der Waals surface area contributed by atoms with E-state index in [0.29, 0.717) is 43.6 Å². The number of anilines is 2. The van der Waals surface area contributed by atoms with Crippen molar-refractivity contribution in [1.82, 2.24) is 5.32 Å². The fourth-order valence-electron chi connectivity index (χ4n) is 5.36. The van der Waals surface area contributed by atoms with Crippen LogP contribution >= 0.6 is 0 Å². The lowest BCUT2D eigenvalue weighted by Crippen LogP contribution is -2.47. The summed E-state index contributed by atoms with van der Waals surface area (Å²) >= 11 is 0. The van der Waals surface area contributed by atoms with Gasteiger partial charge in [0.15, 0.2) is 0 Å². The molecule has 3 fully saturated rings. The SMILES string of the molecule is CC1(C)OB(c2cc(F)c(N3CCC(c4ccc(NC5CCC(=O)NC5=O)cc4F)CC3)cc2F)OC1(C)C. The second-order valence-electron chi connectivity index (χ2n) is 11.6. The first-order valence-electron chi connectivity index (χ1n) is 13.3. The molecule has 3 aliphatic rings. The van der Waals surface area contributed by atoms with E-state index in [0.717, 1.165) is 6.07 Å². The average Bonchev–Trinajstić information content (AvgIpc) is 3.09. The third-order valence-electron chi connectivity index (χ3n) is 8.43. The first-order chi connectivity index (χ1) is 18.3. The number of halogens is 3. The Morgan fingerprint density at radius 3 is 2.21 bits per heavy atom. The standard InChI is InChI=1S/C28H33BF3N3O4/c1-27(2)28(3,4)39-29(38-27)19-14-22(32)24(15-21(19)31)35-11-9-16(10-12-35)18-6-5-17(13-20(18)30)33-23-7-8-25(36)34-26(23)37/h5-6,13-16,23,33H,7-12H2,1-4H3,(H,34,36,37). The summed E-state index contributed by atoms with van der Waals surface area (Å²) in [7, 11) is -1.00. The molecule has 2 N–H and O–H groups in total. The molecule has 0 radical (unpaired) electrons. The van der Waals surface area contributed by atoms with Crippen LogP contribution < -0.4 is 21.0 Å². The molecule has 39 heavy (non-hydrogen) atoms. The van der Waals surface area contributed by atoms with Gasteiger partial charge >= 0.3 is 7.12 Å². The zero-order valence-corrected chi connectivity index (χ0v) is 22.6. The number of nitrogens with one attached hydrogen (secondary N) is 2. The van der Waals surface area contributed by atoms with Gasteiger partial charge in [0.05, 0.1) is 16.9 Å². The van der Waals surface area contributed by atoms with Crippen molar-refractivity contribution in [1.29, 1.82) is 0 Å². The van der Waals surface area contributed by atoms with Gasteiger partial charge in [0.2, 0.25) is 11.8 Å². The van der Waals surface area contributed by atoms with Gasteiger partial charge in [-0.2, -0.15) is 0 Å². The van der Waals surface area contributed by atoms with Crippen molar-refractivity contribution in [2.45, 2.75) is 76.5 Å². The minimum atomic E-state index is -1.00. The summed E-state index contributed by atoms with van der Waals surface area (Å²) in [5.41, 5.74) is -0.145. The Hall–Kier alpha value is -3.05. The quantitative estimate of drug-likeness (QED) is 0.439. The highest BCUT2D eigenvalue weighted by molar-refractivity contribution is 6.62. The molecule has 2 aromatic rings. The summed E-state index contributed by atoms with van der Waals surface area (Å²) in [6.07, 6.45) is 1.71. The lowest BCUT2D eigenvalue weighted by atomic mass is 9.78. The van der Waals surface area contributed by atoms with Crippen LogP contribution in [-0.2, 0) is 18.9 Å². The highest BCUT2D eigenvalue weighted by Crippen LogP contribution is 2.38. The summed E-state index contributed by atoms with van der Waals surface area (Å²) in [4.78, 5) is 25.1. The molecule has 3 saturated heterocycles. The van der Waals surface area contributed by atoms with Gasteiger partial charge in [-0.25, -0.2) is 13.2 Å². The summed E-state index contributed by atoms with van der Waals surface area (Å²) in [6, 6.07) is 6.51. The van der Waals surface area contributed by atoms with Crippen molar-refractivity contribution in [3.63, 3.8) is 0 Å². The molecule has 208 valence electrons. The third kappa shape index (κ3) is 5.39. The Balaban J connectivity index is 1.23. The topological polar surface area (TPSA) is 79.9 Å². The van der Waals surface area contributed by atoms with E-state index in [9.17, 15) is 9.59 Å². The molecule has 2 amide bonds. The Morgan fingerprint density at radius 2 is 1.59 bits per heavy atom. The van der Waals surface area contributed by atoms with E-state index in [4.69, 9.17) is 9.31 Å². The second kappa shape index (κ2) is 10.2. The van der Waals surface area contributed by atoms with Crippen LogP contribution in [0, 0.1) is 17.5 Å². The normalized spacial score (nSPS) is 23.2. The number of amides is 2. The van der Waals surface area contributed by atoms with E-state index in [-0.39, 0.29) is 29.4 Å². The fourth-order valence-corrected chi connectivity index (χ4v) is 5.36. The Labute approximate surface area is 226 Å². The van der Waals surface area contributed by atoms with E-state index >= 15 is 13.2 Å². The summed E-state index contributed by atoms with van der Waals surface area (Å²) in [6.45, 7) is 8.28. The van der Waals surface area contributed by atoms with Crippen molar-refractivity contribution in [2.75, 3.05) is 23.3 Å². The van der Waals surface area contributed by atoms with Gasteiger partial charge in [0, 0.05) is 30.7 Å². The fraction of sp³-hybridized carbons (Fsp3) is 0.500. The molecule has 5 rings (SSSR count). The monoisotopic (exact) mass is 543 g/mol. The maximum Gasteiger partial charge on any atom is 0.497 e. The first-order valence-corrected chi connectivity index (χ1v) is 13.3. The molecule has 1 unspecified atom stereocenters. The van der Waals surface area contributed by atoms with Gasteiger partial charge in [-0.3, -0.25) is 14.9 Å². The molecule has 3 aliphatic heterocycles. The maximum atomic E-state index is 15.2. The number of piperidine rings is 2. The summed E-state index contributed by atoms with van der Waals surface area (Å²) in [5.74, 6) is -2.37. The van der Waals surface area contributed by atoms with Crippen LogP contribution in [0.3, 0.4) is 0 Å². The number of carbonyl (C=O) groups excluding carboxylic acids is 2. The highest BCUT2D eigenvalue weighted by Gasteiger charge is 2.52. The largest absolute Gasteiger partial charge is 0.497 e. The van der Waals surface area contributed by atoms with Gasteiger partial charge in [0.25, 0.3) is 0 Å². The van der Waals surface area contributed by atoms with E-state index in [1.54, 1.807) is 17.0 Å². The second-order valence-corrected chi connectivity index (χ2v) is 11.6. The molecular weight excluding hydrogens is 510 g/mol. The highest BCUT2D eigenvalue weighted by atomic mass is 19.1. The van der Waals surface area contributed by atoms with Crippen molar-refractivity contribution in [3.05, 3.63) is 53.3 Å². The van der Waals surface area contributed by atoms with Crippen LogP contribution in [0.1, 0.15) is 64.9 Å². The minimum Gasteiger partial charge on any atom is -0.399 e. The molecule has 0 aromatic heterocycles. The Morgan fingerprint density at radius 1 is 0.923 bits per heavy atom. The third-order valence-corrected chi connectivity index (χ3v) is 8.43. The van der Waals surface area contributed by atoms with Crippen molar-refractivity contribution >= 4 is 35.8 Å². The molecule has 0 spiro atoms. The predicted molar refractivity (Wildman–Crippen MR) is 142 cm³/mol. The lowest BCUT2D eigenvalue weighted by Gasteiger charge is -2.34. The first kappa shape index (κ1) is 27.5. The number of imide groups is 1. The van der Waals surface area contributed by atoms with E-state index in [2.05, 4.69) is 10.6 Å². The molecule has 3 heterocycles. The van der Waals surface area contributed by atoms with Crippen LogP contribution in [0.5, 0.6) is 0 Å². The number of hydrogen-bond donors (Lipinski definition) is 2. The van der Waals surface area contributed by atoms with E-state index < -0.39 is 47.7 Å². The number of benzene rings is 2. The molecule has 0 bridgehead atoms. The van der Waals surface area contributed by atoms with Gasteiger partial charge in [-0.05, 0) is 82.7 Å². The zero-order chi connectivity index (χ0) is 28.1. The number of hydrogen-bond acceptors (Lipinski definition) is 6. The Kier molecular flexibility index (Phi) is 7.18. The molecule has 11 heteroatoms. The van der Waals surface area contributed by atoms with Gasteiger partial charge < -0.3 is 19.5 Å². The molecule has 1 atom stereocenters. The van der Waals surface area contributed by atoms with Crippen LogP contribution in [0.25, 0.3) is 0 Å². The molecule has 0 saturated carbocycles. The molecular formula is C28H33BF3N3O4. The predicted octanol–water partition coefficient (Wildman–Crippen LogP) is 4.00. The maximum absolute atomic E-state index is 15.2. The number of nitrogens with zero attached hydrogens (tertiary/aromatic N) is 1. The van der Waals surface area contributed by atoms with Gasteiger partial charge in [0.1, 0.15) is 23.5 Å². The van der Waals surface area contributed by atoms with Gasteiger partial charge in [-0.1, -0.05) is 6.07 Å². The summed E-state index contributed by atoms with van der Waals surface area (Å²) < 4.78 is 57.1. The van der Waals surface area contributed by atoms with E-state index in [1.165, 1.54) is 12.1 Å². The number of rotatable bonds is 5. The lowest BCUT2D eigenvalue weighted by molar-refractivity contribution is -0.133. The summed E-state index contributed by atoms with van der Waals surface area (Å²) in [5, 5.41) is 5.26. The van der Waals surface area contributed by atoms with Gasteiger partial charge in [-0.15, -0.1) is 0 Å². The Bertz CT molecular complexity index is 1280. The van der Waals surface area contributed by atoms with Crippen LogP contribution in [0.2, 0.25) is 0 Å². The van der Waals surface area contributed by atoms with Crippen LogP contribution in [0.15, 0.2) is 30.3 Å². The average molecular weight is 543 g/mol. The molecule has 2 aromatic carbocycles. The van der Waals surface area contributed by atoms with Crippen molar-refractivity contribution in [2.24, 2.45) is 0 Å². The van der Waals surface area contributed by atoms with E-state index in [1.807, 2.05) is 27.7 Å². The van der Waals surface area contributed by atoms with Crippen molar-refractivity contribution < 1.29 is 32.1 Å². The smallest absolute Gasteiger partial charge is 0.399 e. The minimum absolute atomic E-state index is 0.0258. The zero-order valence-electron chi connectivity index (χ0n) is 22.6. The number of carbonyl (C=O) groups is 2. The van der Waals surface area contributed by atoms with Crippen molar-refractivity contribution in [3.8, 4) is 0 Å².